The Morgan fingerprint density at radius 1 is 1.18 bits per heavy atom. The van der Waals surface area contributed by atoms with E-state index in [9.17, 15) is 9.90 Å². The normalized spacial score (nSPS) is 20.2. The molecule has 0 bridgehead atoms. The van der Waals surface area contributed by atoms with Gasteiger partial charge in [0.05, 0.1) is 22.3 Å². The SMILES string of the molecule is CC(C)(C)[C@H](O)c1nc2ccccc2c(=O)n1N[C@@H]1Cc2ccccc2[C@@H]1Cl. The van der Waals surface area contributed by atoms with Crippen molar-refractivity contribution in [3.8, 4) is 0 Å². The highest BCUT2D eigenvalue weighted by molar-refractivity contribution is 6.21. The second-order valence-corrected chi connectivity index (χ2v) is 8.91. The van der Waals surface area contributed by atoms with Gasteiger partial charge < -0.3 is 10.5 Å². The summed E-state index contributed by atoms with van der Waals surface area (Å²) in [6.45, 7) is 5.75. The van der Waals surface area contributed by atoms with E-state index in [0.717, 1.165) is 5.56 Å². The lowest BCUT2D eigenvalue weighted by Gasteiger charge is -2.29. The standard InChI is InChI=1S/C22H24ClN3O2/c1-22(2,3)19(27)20-24-16-11-7-6-10-15(16)21(28)26(20)25-17-12-13-8-4-5-9-14(13)18(17)23/h4-11,17-19,25,27H,12H2,1-3H3/t17-,18+,19-/m1/s1. The van der Waals surface area contributed by atoms with Crippen LogP contribution in [0, 0.1) is 5.41 Å². The molecular weight excluding hydrogens is 374 g/mol. The van der Waals surface area contributed by atoms with Gasteiger partial charge in [-0.1, -0.05) is 57.2 Å². The number of nitrogens with zero attached hydrogens (tertiary/aromatic N) is 2. The highest BCUT2D eigenvalue weighted by Gasteiger charge is 2.34. The van der Waals surface area contributed by atoms with Crippen LogP contribution in [0.25, 0.3) is 10.9 Å². The summed E-state index contributed by atoms with van der Waals surface area (Å²) in [5.74, 6) is 0.302. The monoisotopic (exact) mass is 397 g/mol. The summed E-state index contributed by atoms with van der Waals surface area (Å²) in [6, 6.07) is 15.0. The van der Waals surface area contributed by atoms with E-state index in [-0.39, 0.29) is 17.0 Å². The summed E-state index contributed by atoms with van der Waals surface area (Å²) in [5.41, 5.74) is 5.36. The van der Waals surface area contributed by atoms with Gasteiger partial charge in [-0.25, -0.2) is 9.66 Å². The fraction of sp³-hybridized carbons (Fsp3) is 0.364. The molecule has 28 heavy (non-hydrogen) atoms. The van der Waals surface area contributed by atoms with Crippen molar-refractivity contribution in [3.63, 3.8) is 0 Å². The topological polar surface area (TPSA) is 67.2 Å². The predicted molar refractivity (Wildman–Crippen MR) is 112 cm³/mol. The van der Waals surface area contributed by atoms with Crippen LogP contribution in [0.4, 0.5) is 0 Å². The molecule has 0 amide bonds. The van der Waals surface area contributed by atoms with E-state index in [1.807, 2.05) is 51.1 Å². The largest absolute Gasteiger partial charge is 0.385 e. The van der Waals surface area contributed by atoms with Gasteiger partial charge in [0.15, 0.2) is 5.82 Å². The number of halogens is 1. The van der Waals surface area contributed by atoms with Gasteiger partial charge in [-0.15, -0.1) is 11.6 Å². The van der Waals surface area contributed by atoms with Gasteiger partial charge in [0.25, 0.3) is 5.56 Å². The molecule has 0 fully saturated rings. The Morgan fingerprint density at radius 2 is 1.86 bits per heavy atom. The van der Waals surface area contributed by atoms with Gasteiger partial charge in [-0.2, -0.15) is 0 Å². The Balaban J connectivity index is 1.82. The Hall–Kier alpha value is -2.37. The Labute approximate surface area is 169 Å². The second kappa shape index (κ2) is 6.90. The number of aliphatic hydroxyl groups is 1. The number of aromatic nitrogens is 2. The van der Waals surface area contributed by atoms with Gasteiger partial charge >= 0.3 is 0 Å². The molecule has 5 nitrogen and oxygen atoms in total. The highest BCUT2D eigenvalue weighted by atomic mass is 35.5. The maximum Gasteiger partial charge on any atom is 0.280 e. The zero-order valence-electron chi connectivity index (χ0n) is 16.2. The summed E-state index contributed by atoms with van der Waals surface area (Å²) >= 11 is 6.69. The average molecular weight is 398 g/mol. The molecule has 2 aromatic carbocycles. The van der Waals surface area contributed by atoms with Crippen molar-refractivity contribution in [2.24, 2.45) is 5.41 Å². The number of hydrogen-bond acceptors (Lipinski definition) is 4. The lowest BCUT2D eigenvalue weighted by Crippen LogP contribution is -2.41. The number of para-hydroxylation sites is 1. The average Bonchev–Trinajstić information content (AvgIpc) is 2.98. The minimum Gasteiger partial charge on any atom is -0.385 e. The van der Waals surface area contributed by atoms with E-state index in [1.54, 1.807) is 12.1 Å². The lowest BCUT2D eigenvalue weighted by molar-refractivity contribution is 0.0516. The summed E-state index contributed by atoms with van der Waals surface area (Å²) in [4.78, 5) is 17.9. The molecule has 1 aliphatic carbocycles. The molecule has 0 saturated heterocycles. The maximum atomic E-state index is 13.3. The molecule has 3 aromatic rings. The molecule has 2 N–H and O–H groups in total. The van der Waals surface area contributed by atoms with Crippen LogP contribution >= 0.6 is 11.6 Å². The molecule has 146 valence electrons. The van der Waals surface area contributed by atoms with Gasteiger partial charge in [0.2, 0.25) is 0 Å². The van der Waals surface area contributed by atoms with E-state index in [4.69, 9.17) is 11.6 Å². The van der Waals surface area contributed by atoms with Crippen molar-refractivity contribution in [3.05, 3.63) is 75.8 Å². The third-order valence-corrected chi connectivity index (χ3v) is 5.85. The molecule has 1 aliphatic rings. The smallest absolute Gasteiger partial charge is 0.280 e. The van der Waals surface area contributed by atoms with Crippen LogP contribution in [0.1, 0.15) is 49.2 Å². The first kappa shape index (κ1) is 19.0. The molecule has 0 unspecified atom stereocenters. The summed E-state index contributed by atoms with van der Waals surface area (Å²) in [7, 11) is 0. The van der Waals surface area contributed by atoms with Gasteiger partial charge in [-0.3, -0.25) is 4.79 Å². The summed E-state index contributed by atoms with van der Waals surface area (Å²) in [6.07, 6.45) is -0.218. The molecule has 0 aliphatic heterocycles. The Morgan fingerprint density at radius 3 is 2.57 bits per heavy atom. The minimum absolute atomic E-state index is 0.175. The van der Waals surface area contributed by atoms with Crippen LogP contribution in [0.2, 0.25) is 0 Å². The van der Waals surface area contributed by atoms with Crippen molar-refractivity contribution in [1.29, 1.82) is 0 Å². The molecule has 1 aromatic heterocycles. The Kier molecular flexibility index (Phi) is 4.68. The highest BCUT2D eigenvalue weighted by Crippen LogP contribution is 2.37. The van der Waals surface area contributed by atoms with E-state index in [1.165, 1.54) is 10.2 Å². The predicted octanol–water partition coefficient (Wildman–Crippen LogP) is 3.92. The molecule has 0 radical (unpaired) electrons. The van der Waals surface area contributed by atoms with Crippen molar-refractivity contribution in [1.82, 2.24) is 9.66 Å². The number of benzene rings is 2. The van der Waals surface area contributed by atoms with Gasteiger partial charge in [0.1, 0.15) is 6.10 Å². The van der Waals surface area contributed by atoms with E-state index < -0.39 is 11.5 Å². The van der Waals surface area contributed by atoms with E-state index >= 15 is 0 Å². The molecule has 1 heterocycles. The number of alkyl halides is 1. The van der Waals surface area contributed by atoms with Crippen LogP contribution in [0.15, 0.2) is 53.3 Å². The first-order chi connectivity index (χ1) is 13.3. The number of hydrogen-bond donors (Lipinski definition) is 2. The summed E-state index contributed by atoms with van der Waals surface area (Å²) in [5, 5.41) is 11.2. The van der Waals surface area contributed by atoms with Crippen LogP contribution < -0.4 is 11.0 Å². The van der Waals surface area contributed by atoms with Crippen LogP contribution in [0.3, 0.4) is 0 Å². The first-order valence-electron chi connectivity index (χ1n) is 9.45. The zero-order valence-corrected chi connectivity index (χ0v) is 16.9. The Bertz CT molecular complexity index is 1090. The number of aliphatic hydroxyl groups excluding tert-OH is 1. The van der Waals surface area contributed by atoms with Crippen LogP contribution in [-0.4, -0.2) is 20.8 Å². The molecule has 6 heteroatoms. The molecule has 4 rings (SSSR count). The molecular formula is C22H24ClN3O2. The van der Waals surface area contributed by atoms with E-state index in [2.05, 4.69) is 16.5 Å². The maximum absolute atomic E-state index is 13.3. The number of rotatable bonds is 3. The fourth-order valence-electron chi connectivity index (χ4n) is 3.67. The minimum atomic E-state index is -0.921. The lowest BCUT2D eigenvalue weighted by atomic mass is 9.88. The second-order valence-electron chi connectivity index (χ2n) is 8.44. The number of nitrogens with one attached hydrogen (secondary N) is 1. The zero-order chi connectivity index (χ0) is 20.1. The summed E-state index contributed by atoms with van der Waals surface area (Å²) < 4.78 is 1.39. The van der Waals surface area contributed by atoms with Crippen molar-refractivity contribution < 1.29 is 5.11 Å². The van der Waals surface area contributed by atoms with Crippen LogP contribution in [-0.2, 0) is 6.42 Å². The third-order valence-electron chi connectivity index (χ3n) is 5.31. The third kappa shape index (κ3) is 3.19. The molecule has 3 atom stereocenters. The van der Waals surface area contributed by atoms with Crippen LogP contribution in [0.5, 0.6) is 0 Å². The van der Waals surface area contributed by atoms with Crippen molar-refractivity contribution in [2.45, 2.75) is 44.7 Å². The fourth-order valence-corrected chi connectivity index (χ4v) is 4.03. The van der Waals surface area contributed by atoms with E-state index in [0.29, 0.717) is 23.1 Å². The van der Waals surface area contributed by atoms with Crippen molar-refractivity contribution >= 4 is 22.5 Å². The molecule has 0 spiro atoms. The van der Waals surface area contributed by atoms with Gasteiger partial charge in [0, 0.05) is 0 Å². The first-order valence-corrected chi connectivity index (χ1v) is 9.89. The number of fused-ring (bicyclic) bond motifs is 2. The van der Waals surface area contributed by atoms with Gasteiger partial charge in [-0.05, 0) is 35.1 Å². The van der Waals surface area contributed by atoms with Crippen molar-refractivity contribution in [2.75, 3.05) is 5.43 Å². The molecule has 0 saturated carbocycles. The quantitative estimate of drug-likeness (QED) is 0.657.